The van der Waals surface area contributed by atoms with E-state index in [0.29, 0.717) is 5.02 Å². The van der Waals surface area contributed by atoms with E-state index >= 15 is 0 Å². The van der Waals surface area contributed by atoms with Crippen LogP contribution in [0.4, 0.5) is 0 Å². The molecule has 3 rings (SSSR count). The van der Waals surface area contributed by atoms with Crippen LogP contribution < -0.4 is 0 Å². The van der Waals surface area contributed by atoms with Gasteiger partial charge in [-0.2, -0.15) is 0 Å². The number of thiophene rings is 1. The van der Waals surface area contributed by atoms with Crippen molar-refractivity contribution in [1.82, 2.24) is 4.90 Å². The Hall–Kier alpha value is -2.34. The quantitative estimate of drug-likeness (QED) is 0.542. The number of carbonyl (C=O) groups excluding carboxylic acids is 1. The van der Waals surface area contributed by atoms with Crippen LogP contribution in [0.3, 0.4) is 0 Å². The molecular weight excluding hydrogens is 417 g/mol. The second-order valence-electron chi connectivity index (χ2n) is 6.18. The fourth-order valence-electron chi connectivity index (χ4n) is 2.88. The zero-order valence-electron chi connectivity index (χ0n) is 14.7. The largest absolute Gasteiger partial charge is 0.480 e. The SMILES string of the molecule is O=C(O)[C@H](Cc1ccccc1)N(Cc1cccs1)C(=O)c1ccc(Cl)cc1Cl. The molecule has 0 spiro atoms. The minimum absolute atomic E-state index is 0.180. The highest BCUT2D eigenvalue weighted by Crippen LogP contribution is 2.25. The van der Waals surface area contributed by atoms with Crippen LogP contribution in [-0.4, -0.2) is 27.9 Å². The van der Waals surface area contributed by atoms with E-state index in [9.17, 15) is 14.7 Å². The maximum Gasteiger partial charge on any atom is 0.326 e. The van der Waals surface area contributed by atoms with Crippen LogP contribution in [0, 0.1) is 0 Å². The average Bonchev–Trinajstić information content (AvgIpc) is 3.18. The zero-order valence-corrected chi connectivity index (χ0v) is 17.0. The summed E-state index contributed by atoms with van der Waals surface area (Å²) in [5.41, 5.74) is 1.06. The molecule has 0 fully saturated rings. The first-order valence-corrected chi connectivity index (χ1v) is 10.1. The van der Waals surface area contributed by atoms with E-state index in [1.807, 2.05) is 47.8 Å². The Kier molecular flexibility index (Phi) is 6.73. The standard InChI is InChI=1S/C21H17Cl2NO3S/c22-15-8-9-17(18(23)12-15)20(25)24(13-16-7-4-10-28-16)19(21(26)27)11-14-5-2-1-3-6-14/h1-10,12,19H,11,13H2,(H,26,27)/t19-/m0/s1. The summed E-state index contributed by atoms with van der Waals surface area (Å²) >= 11 is 13.6. The number of nitrogens with zero attached hydrogens (tertiary/aromatic N) is 1. The molecule has 144 valence electrons. The van der Waals surface area contributed by atoms with Gasteiger partial charge in [0, 0.05) is 16.3 Å². The number of benzene rings is 2. The number of carboxylic acid groups (broad SMARTS) is 1. The molecule has 1 amide bonds. The van der Waals surface area contributed by atoms with E-state index in [2.05, 4.69) is 0 Å². The van der Waals surface area contributed by atoms with Gasteiger partial charge in [0.05, 0.1) is 17.1 Å². The van der Waals surface area contributed by atoms with Gasteiger partial charge in [-0.05, 0) is 35.2 Å². The second kappa shape index (κ2) is 9.24. The Bertz CT molecular complexity index is 961. The Balaban J connectivity index is 1.98. The van der Waals surface area contributed by atoms with E-state index in [0.717, 1.165) is 10.4 Å². The number of hydrogen-bond donors (Lipinski definition) is 1. The molecule has 0 saturated heterocycles. The smallest absolute Gasteiger partial charge is 0.326 e. The van der Waals surface area contributed by atoms with Crippen LogP contribution in [0.15, 0.2) is 66.0 Å². The zero-order chi connectivity index (χ0) is 20.1. The first kappa shape index (κ1) is 20.4. The number of carbonyl (C=O) groups is 2. The predicted octanol–water partition coefficient (Wildman–Crippen LogP) is 5.39. The maximum absolute atomic E-state index is 13.3. The van der Waals surface area contributed by atoms with Gasteiger partial charge in [-0.1, -0.05) is 59.6 Å². The molecule has 7 heteroatoms. The third kappa shape index (κ3) is 4.93. The summed E-state index contributed by atoms with van der Waals surface area (Å²) in [5, 5.41) is 12.4. The molecule has 0 radical (unpaired) electrons. The lowest BCUT2D eigenvalue weighted by Gasteiger charge is -2.29. The van der Waals surface area contributed by atoms with Crippen molar-refractivity contribution in [2.24, 2.45) is 0 Å². The van der Waals surface area contributed by atoms with E-state index in [4.69, 9.17) is 23.2 Å². The predicted molar refractivity (Wildman–Crippen MR) is 112 cm³/mol. The lowest BCUT2D eigenvalue weighted by molar-refractivity contribution is -0.142. The lowest BCUT2D eigenvalue weighted by atomic mass is 10.0. The van der Waals surface area contributed by atoms with E-state index in [1.54, 1.807) is 6.07 Å². The second-order valence-corrected chi connectivity index (χ2v) is 8.06. The molecule has 28 heavy (non-hydrogen) atoms. The first-order valence-electron chi connectivity index (χ1n) is 8.51. The molecule has 0 aliphatic rings. The maximum atomic E-state index is 13.3. The highest BCUT2D eigenvalue weighted by Gasteiger charge is 2.32. The molecule has 1 atom stereocenters. The summed E-state index contributed by atoms with van der Waals surface area (Å²) in [6, 6.07) is 16.5. The van der Waals surface area contributed by atoms with E-state index in [-0.39, 0.29) is 23.6 Å². The Morgan fingerprint density at radius 1 is 1.04 bits per heavy atom. The van der Waals surface area contributed by atoms with Crippen molar-refractivity contribution in [3.8, 4) is 0 Å². The van der Waals surface area contributed by atoms with Gasteiger partial charge in [-0.3, -0.25) is 4.79 Å². The molecule has 0 unspecified atom stereocenters. The summed E-state index contributed by atoms with van der Waals surface area (Å²) in [4.78, 5) is 27.6. The van der Waals surface area contributed by atoms with Crippen LogP contribution >= 0.6 is 34.5 Å². The van der Waals surface area contributed by atoms with Crippen molar-refractivity contribution in [3.63, 3.8) is 0 Å². The number of hydrogen-bond acceptors (Lipinski definition) is 3. The van der Waals surface area contributed by atoms with Crippen LogP contribution in [-0.2, 0) is 17.8 Å². The van der Waals surface area contributed by atoms with Gasteiger partial charge in [-0.15, -0.1) is 11.3 Å². The van der Waals surface area contributed by atoms with Crippen LogP contribution in [0.25, 0.3) is 0 Å². The summed E-state index contributed by atoms with van der Waals surface area (Å²) in [6.45, 7) is 0.180. The van der Waals surface area contributed by atoms with Crippen molar-refractivity contribution in [2.75, 3.05) is 0 Å². The van der Waals surface area contributed by atoms with Crippen molar-refractivity contribution in [1.29, 1.82) is 0 Å². The molecule has 3 aromatic rings. The minimum atomic E-state index is -1.07. The van der Waals surface area contributed by atoms with Gasteiger partial charge in [0.2, 0.25) is 0 Å². The number of halogens is 2. The van der Waals surface area contributed by atoms with Crippen molar-refractivity contribution in [2.45, 2.75) is 19.0 Å². The Morgan fingerprint density at radius 2 is 1.79 bits per heavy atom. The summed E-state index contributed by atoms with van der Waals surface area (Å²) in [6.07, 6.45) is 0.193. The number of amides is 1. The molecule has 4 nitrogen and oxygen atoms in total. The summed E-state index contributed by atoms with van der Waals surface area (Å²) < 4.78 is 0. The van der Waals surface area contributed by atoms with Gasteiger partial charge >= 0.3 is 5.97 Å². The fraction of sp³-hybridized carbons (Fsp3) is 0.143. The molecule has 0 aliphatic heterocycles. The lowest BCUT2D eigenvalue weighted by Crippen LogP contribution is -2.46. The summed E-state index contributed by atoms with van der Waals surface area (Å²) in [5.74, 6) is -1.52. The van der Waals surface area contributed by atoms with Crippen molar-refractivity contribution >= 4 is 46.4 Å². The molecule has 1 N–H and O–H groups in total. The van der Waals surface area contributed by atoms with Gasteiger partial charge < -0.3 is 10.0 Å². The molecule has 0 aliphatic carbocycles. The first-order chi connectivity index (χ1) is 13.5. The topological polar surface area (TPSA) is 57.6 Å². The number of carboxylic acids is 1. The highest BCUT2D eigenvalue weighted by molar-refractivity contribution is 7.09. The molecule has 1 aromatic heterocycles. The number of rotatable bonds is 7. The normalized spacial score (nSPS) is 11.8. The van der Waals surface area contributed by atoms with Gasteiger partial charge in [-0.25, -0.2) is 4.79 Å². The molecular formula is C21H17Cl2NO3S. The fourth-order valence-corrected chi connectivity index (χ4v) is 4.07. The van der Waals surface area contributed by atoms with Gasteiger partial charge in [0.15, 0.2) is 0 Å². The molecule has 1 heterocycles. The minimum Gasteiger partial charge on any atom is -0.480 e. The Labute approximate surface area is 176 Å². The third-order valence-electron chi connectivity index (χ3n) is 4.26. The highest BCUT2D eigenvalue weighted by atomic mass is 35.5. The monoisotopic (exact) mass is 433 g/mol. The average molecular weight is 434 g/mol. The van der Waals surface area contributed by atoms with Crippen LogP contribution in [0.2, 0.25) is 10.0 Å². The van der Waals surface area contributed by atoms with E-state index in [1.165, 1.54) is 28.4 Å². The molecule has 0 saturated carbocycles. The van der Waals surface area contributed by atoms with Gasteiger partial charge in [0.25, 0.3) is 5.91 Å². The van der Waals surface area contributed by atoms with Crippen molar-refractivity contribution < 1.29 is 14.7 Å². The Morgan fingerprint density at radius 3 is 2.39 bits per heavy atom. The van der Waals surface area contributed by atoms with Gasteiger partial charge in [0.1, 0.15) is 6.04 Å². The molecule has 0 bridgehead atoms. The van der Waals surface area contributed by atoms with Crippen LogP contribution in [0.1, 0.15) is 20.8 Å². The van der Waals surface area contributed by atoms with Crippen LogP contribution in [0.5, 0.6) is 0 Å². The summed E-state index contributed by atoms with van der Waals surface area (Å²) in [7, 11) is 0. The van der Waals surface area contributed by atoms with Crippen molar-refractivity contribution in [3.05, 3.63) is 92.1 Å². The molecule has 2 aromatic carbocycles. The third-order valence-corrected chi connectivity index (χ3v) is 5.67. The van der Waals surface area contributed by atoms with E-state index < -0.39 is 17.9 Å². The number of aliphatic carboxylic acids is 1.